The predicted octanol–water partition coefficient (Wildman–Crippen LogP) is 2.85. The Balaban J connectivity index is 2.82. The van der Waals surface area contributed by atoms with Gasteiger partial charge < -0.3 is 9.84 Å². The maximum absolute atomic E-state index is 11.0. The SMILES string of the molecule is COC(=O)CCCSc1cc([N+](=O)[O-])c(CO)cc1SC. The highest BCUT2D eigenvalue weighted by molar-refractivity contribution is 8.02. The minimum atomic E-state index is -0.492. The molecular formula is C13H17NO5S2. The largest absolute Gasteiger partial charge is 0.469 e. The molecule has 116 valence electrons. The first-order valence-corrected chi connectivity index (χ1v) is 8.40. The zero-order chi connectivity index (χ0) is 15.8. The van der Waals surface area contributed by atoms with Crippen molar-refractivity contribution in [1.82, 2.24) is 0 Å². The number of hydrogen-bond acceptors (Lipinski definition) is 7. The number of aliphatic hydroxyl groups excluding tert-OH is 1. The Morgan fingerprint density at radius 3 is 2.67 bits per heavy atom. The highest BCUT2D eigenvalue weighted by atomic mass is 32.2. The van der Waals surface area contributed by atoms with Crippen molar-refractivity contribution in [3.8, 4) is 0 Å². The summed E-state index contributed by atoms with van der Waals surface area (Å²) in [6.07, 6.45) is 2.84. The van der Waals surface area contributed by atoms with Gasteiger partial charge in [-0.05, 0) is 24.5 Å². The van der Waals surface area contributed by atoms with Gasteiger partial charge in [0.25, 0.3) is 5.69 Å². The molecule has 0 atom stereocenters. The summed E-state index contributed by atoms with van der Waals surface area (Å²) in [6.45, 7) is -0.364. The average molecular weight is 331 g/mol. The van der Waals surface area contributed by atoms with E-state index in [9.17, 15) is 20.0 Å². The summed E-state index contributed by atoms with van der Waals surface area (Å²) < 4.78 is 4.56. The Hall–Kier alpha value is -1.25. The number of hydrogen-bond donors (Lipinski definition) is 1. The van der Waals surface area contributed by atoms with Gasteiger partial charge in [-0.2, -0.15) is 0 Å². The van der Waals surface area contributed by atoms with E-state index in [2.05, 4.69) is 4.74 Å². The second kappa shape index (κ2) is 8.91. The number of ether oxygens (including phenoxy) is 1. The molecule has 1 N–H and O–H groups in total. The smallest absolute Gasteiger partial charge is 0.305 e. The number of carbonyl (C=O) groups excluding carboxylic acids is 1. The molecule has 0 radical (unpaired) electrons. The van der Waals surface area contributed by atoms with Crippen LogP contribution in [0.25, 0.3) is 0 Å². The van der Waals surface area contributed by atoms with Gasteiger partial charge in [-0.1, -0.05) is 0 Å². The van der Waals surface area contributed by atoms with Crippen molar-refractivity contribution in [3.63, 3.8) is 0 Å². The number of aliphatic hydroxyl groups is 1. The molecule has 0 aliphatic carbocycles. The number of nitro groups is 1. The van der Waals surface area contributed by atoms with Crippen LogP contribution in [0.15, 0.2) is 21.9 Å². The lowest BCUT2D eigenvalue weighted by Gasteiger charge is -2.09. The van der Waals surface area contributed by atoms with Crippen LogP contribution in [-0.4, -0.2) is 35.1 Å². The predicted molar refractivity (Wildman–Crippen MR) is 82.8 cm³/mol. The van der Waals surface area contributed by atoms with Crippen LogP contribution in [0.1, 0.15) is 18.4 Å². The Labute approximate surface area is 131 Å². The minimum Gasteiger partial charge on any atom is -0.469 e. The quantitative estimate of drug-likeness (QED) is 0.257. The zero-order valence-electron chi connectivity index (χ0n) is 11.8. The number of esters is 1. The van der Waals surface area contributed by atoms with E-state index in [0.29, 0.717) is 24.2 Å². The standard InChI is InChI=1S/C13H17NO5S2/c1-19-13(16)4-3-5-21-12-7-10(14(17)18)9(8-15)6-11(12)20-2/h6-7,15H,3-5,8H2,1-2H3. The number of nitro benzene ring substituents is 1. The normalized spacial score (nSPS) is 10.4. The Morgan fingerprint density at radius 2 is 2.14 bits per heavy atom. The van der Waals surface area contributed by atoms with Crippen molar-refractivity contribution in [1.29, 1.82) is 0 Å². The van der Waals surface area contributed by atoms with Crippen molar-refractivity contribution in [2.24, 2.45) is 0 Å². The van der Waals surface area contributed by atoms with Crippen LogP contribution in [-0.2, 0) is 16.1 Å². The molecule has 0 bridgehead atoms. The van der Waals surface area contributed by atoms with Crippen LogP contribution in [0.2, 0.25) is 0 Å². The number of thioether (sulfide) groups is 2. The highest BCUT2D eigenvalue weighted by Crippen LogP contribution is 2.35. The third-order valence-corrected chi connectivity index (χ3v) is 4.79. The Kier molecular flexibility index (Phi) is 7.55. The maximum Gasteiger partial charge on any atom is 0.305 e. The molecule has 0 spiro atoms. The van der Waals surface area contributed by atoms with E-state index in [1.807, 2.05) is 6.26 Å². The van der Waals surface area contributed by atoms with Crippen LogP contribution in [0, 0.1) is 10.1 Å². The van der Waals surface area contributed by atoms with Gasteiger partial charge >= 0.3 is 5.97 Å². The van der Waals surface area contributed by atoms with Crippen molar-refractivity contribution < 1.29 is 19.6 Å². The lowest BCUT2D eigenvalue weighted by molar-refractivity contribution is -0.386. The van der Waals surface area contributed by atoms with E-state index >= 15 is 0 Å². The average Bonchev–Trinajstić information content (AvgIpc) is 2.50. The number of nitrogens with zero attached hydrogens (tertiary/aromatic N) is 1. The molecule has 0 saturated carbocycles. The molecule has 6 nitrogen and oxygen atoms in total. The maximum atomic E-state index is 11.0. The molecule has 21 heavy (non-hydrogen) atoms. The molecule has 8 heteroatoms. The topological polar surface area (TPSA) is 89.7 Å². The van der Waals surface area contributed by atoms with E-state index in [0.717, 1.165) is 9.79 Å². The summed E-state index contributed by atoms with van der Waals surface area (Å²) in [5, 5.41) is 20.2. The third-order valence-electron chi connectivity index (χ3n) is 2.74. The van der Waals surface area contributed by atoms with E-state index < -0.39 is 4.92 Å². The second-order valence-electron chi connectivity index (χ2n) is 4.08. The Morgan fingerprint density at radius 1 is 1.43 bits per heavy atom. The van der Waals surface area contributed by atoms with E-state index in [-0.39, 0.29) is 18.3 Å². The van der Waals surface area contributed by atoms with Gasteiger partial charge in [0.2, 0.25) is 0 Å². The first-order valence-electron chi connectivity index (χ1n) is 6.19. The Bertz CT molecular complexity index is 522. The van der Waals surface area contributed by atoms with Gasteiger partial charge in [-0.25, -0.2) is 0 Å². The number of rotatable bonds is 8. The van der Waals surface area contributed by atoms with E-state index in [1.54, 1.807) is 6.07 Å². The fraction of sp³-hybridized carbons (Fsp3) is 0.462. The van der Waals surface area contributed by atoms with Gasteiger partial charge in [0.15, 0.2) is 0 Å². The van der Waals surface area contributed by atoms with Gasteiger partial charge in [0.1, 0.15) is 0 Å². The van der Waals surface area contributed by atoms with Crippen molar-refractivity contribution in [3.05, 3.63) is 27.8 Å². The summed E-state index contributed by atoms with van der Waals surface area (Å²) in [6, 6.07) is 3.13. The molecule has 0 aliphatic rings. The second-order valence-corrected chi connectivity index (χ2v) is 6.06. The minimum absolute atomic E-state index is 0.0780. The summed E-state index contributed by atoms with van der Waals surface area (Å²) in [5.41, 5.74) is 0.231. The molecular weight excluding hydrogens is 314 g/mol. The van der Waals surface area contributed by atoms with Crippen molar-refractivity contribution in [2.75, 3.05) is 19.1 Å². The fourth-order valence-electron chi connectivity index (χ4n) is 1.66. The van der Waals surface area contributed by atoms with Gasteiger partial charge in [-0.3, -0.25) is 14.9 Å². The molecule has 1 aromatic carbocycles. The van der Waals surface area contributed by atoms with Gasteiger partial charge in [0, 0.05) is 22.3 Å². The number of benzene rings is 1. The summed E-state index contributed by atoms with van der Waals surface area (Å²) in [7, 11) is 1.35. The first kappa shape index (κ1) is 17.8. The summed E-state index contributed by atoms with van der Waals surface area (Å²) >= 11 is 2.93. The molecule has 0 heterocycles. The molecule has 1 rings (SSSR count). The lowest BCUT2D eigenvalue weighted by Crippen LogP contribution is -2.00. The monoisotopic (exact) mass is 331 g/mol. The molecule has 0 unspecified atom stereocenters. The molecule has 0 amide bonds. The van der Waals surface area contributed by atoms with Crippen LogP contribution in [0.5, 0.6) is 0 Å². The summed E-state index contributed by atoms with van der Waals surface area (Å²) in [4.78, 5) is 23.2. The lowest BCUT2D eigenvalue weighted by atomic mass is 10.2. The van der Waals surface area contributed by atoms with E-state index in [4.69, 9.17) is 0 Å². The van der Waals surface area contributed by atoms with Crippen LogP contribution >= 0.6 is 23.5 Å². The molecule has 0 saturated heterocycles. The summed E-state index contributed by atoms with van der Waals surface area (Å²) in [5.74, 6) is 0.403. The van der Waals surface area contributed by atoms with Crippen LogP contribution in [0.4, 0.5) is 5.69 Å². The van der Waals surface area contributed by atoms with Crippen LogP contribution in [0.3, 0.4) is 0 Å². The van der Waals surface area contributed by atoms with E-state index in [1.165, 1.54) is 36.7 Å². The molecule has 0 aromatic heterocycles. The zero-order valence-corrected chi connectivity index (χ0v) is 13.5. The first-order chi connectivity index (χ1) is 10.0. The highest BCUT2D eigenvalue weighted by Gasteiger charge is 2.17. The van der Waals surface area contributed by atoms with Crippen LogP contribution < -0.4 is 0 Å². The van der Waals surface area contributed by atoms with Gasteiger partial charge in [-0.15, -0.1) is 23.5 Å². The number of methoxy groups -OCH3 is 1. The van der Waals surface area contributed by atoms with Crippen molar-refractivity contribution >= 4 is 35.2 Å². The third kappa shape index (κ3) is 5.22. The molecule has 0 aliphatic heterocycles. The fourth-order valence-corrected chi connectivity index (χ4v) is 3.51. The molecule has 0 fully saturated rings. The van der Waals surface area contributed by atoms with Gasteiger partial charge in [0.05, 0.1) is 24.2 Å². The van der Waals surface area contributed by atoms with Crippen molar-refractivity contribution in [2.45, 2.75) is 29.2 Å². The number of carbonyl (C=O) groups is 1. The molecule has 1 aromatic rings.